The number of rotatable bonds is 4. The summed E-state index contributed by atoms with van der Waals surface area (Å²) >= 11 is 10.7. The summed E-state index contributed by atoms with van der Waals surface area (Å²) < 4.78 is 12.1. The Bertz CT molecular complexity index is 622. The molecule has 0 saturated carbocycles. The molecule has 0 amide bonds. The summed E-state index contributed by atoms with van der Waals surface area (Å²) in [6.45, 7) is 0.276. The van der Waals surface area contributed by atoms with Crippen LogP contribution in [0.5, 0.6) is 0 Å². The number of thiocarbonyl (C=S) groups is 1. The fourth-order valence-corrected chi connectivity index (χ4v) is 1.98. The van der Waals surface area contributed by atoms with Gasteiger partial charge < -0.3 is 10.6 Å². The molecule has 0 aliphatic rings. The van der Waals surface area contributed by atoms with Gasteiger partial charge in [0.05, 0.1) is 11.5 Å². The quantitative estimate of drug-likeness (QED) is 0.653. The van der Waals surface area contributed by atoms with E-state index in [-0.39, 0.29) is 11.7 Å². The van der Waals surface area contributed by atoms with Crippen LogP contribution < -0.4 is 10.6 Å². The van der Waals surface area contributed by atoms with E-state index in [0.717, 1.165) is 16.5 Å². The largest absolute Gasteiger partial charge is 0.367 e. The molecule has 19 heavy (non-hydrogen) atoms. The van der Waals surface area contributed by atoms with Gasteiger partial charge in [0.1, 0.15) is 11.5 Å². The van der Waals surface area contributed by atoms with E-state index < -0.39 is 0 Å². The van der Waals surface area contributed by atoms with Gasteiger partial charge in [0.2, 0.25) is 0 Å². The molecule has 0 bridgehead atoms. The zero-order chi connectivity index (χ0) is 13.7. The van der Waals surface area contributed by atoms with Crippen molar-refractivity contribution in [2.45, 2.75) is 0 Å². The highest BCUT2D eigenvalue weighted by atomic mass is 35.5. The van der Waals surface area contributed by atoms with Gasteiger partial charge in [-0.25, -0.2) is 4.39 Å². The van der Waals surface area contributed by atoms with Crippen molar-refractivity contribution in [3.63, 3.8) is 0 Å². The number of benzene rings is 2. The van der Waals surface area contributed by atoms with Crippen molar-refractivity contribution in [2.24, 2.45) is 0 Å². The second kappa shape index (κ2) is 6.50. The Hall–Kier alpha value is -1.65. The first-order valence-electron chi connectivity index (χ1n) is 5.68. The zero-order valence-corrected chi connectivity index (χ0v) is 11.6. The molecule has 0 aliphatic carbocycles. The van der Waals surface area contributed by atoms with Crippen molar-refractivity contribution in [1.82, 2.24) is 5.32 Å². The topological polar surface area (TPSA) is 24.1 Å². The third-order valence-electron chi connectivity index (χ3n) is 2.58. The summed E-state index contributed by atoms with van der Waals surface area (Å²) in [7, 11) is 0. The van der Waals surface area contributed by atoms with E-state index in [2.05, 4.69) is 10.6 Å². The summed E-state index contributed by atoms with van der Waals surface area (Å²) in [4.78, 5) is 0.538. The van der Waals surface area contributed by atoms with Crippen LogP contribution in [-0.4, -0.2) is 11.5 Å². The van der Waals surface area contributed by atoms with E-state index in [1.54, 1.807) is 0 Å². The number of fused-ring (bicyclic) bond motifs is 1. The predicted molar refractivity (Wildman–Crippen MR) is 83.2 cm³/mol. The Balaban J connectivity index is 2.11. The number of halogens is 2. The maximum atomic E-state index is 12.1. The highest BCUT2D eigenvalue weighted by Gasteiger charge is 2.02. The molecule has 98 valence electrons. The Kier molecular flexibility index (Phi) is 4.71. The van der Waals surface area contributed by atoms with Crippen LogP contribution in [0.25, 0.3) is 10.8 Å². The third kappa shape index (κ3) is 3.66. The highest BCUT2D eigenvalue weighted by molar-refractivity contribution is 7.80. The van der Waals surface area contributed by atoms with Crippen molar-refractivity contribution < 1.29 is 4.39 Å². The van der Waals surface area contributed by atoms with E-state index in [4.69, 9.17) is 23.8 Å². The van der Waals surface area contributed by atoms with Crippen LogP contribution in [0.15, 0.2) is 54.0 Å². The molecule has 0 heterocycles. The predicted octanol–water partition coefficient (Wildman–Crippen LogP) is 4.18. The lowest BCUT2D eigenvalue weighted by Crippen LogP contribution is -2.24. The van der Waals surface area contributed by atoms with Gasteiger partial charge in [-0.2, -0.15) is 0 Å². The van der Waals surface area contributed by atoms with Crippen LogP contribution in [-0.2, 0) is 0 Å². The fraction of sp³-hybridized carbons (Fsp3) is 0.0714. The summed E-state index contributed by atoms with van der Waals surface area (Å²) in [6.07, 6.45) is 0.294. The first kappa shape index (κ1) is 13.8. The minimum Gasteiger partial charge on any atom is -0.367 e. The first-order chi connectivity index (χ1) is 9.20. The molecule has 2 nitrogen and oxygen atoms in total. The van der Waals surface area contributed by atoms with Crippen molar-refractivity contribution in [2.75, 3.05) is 11.9 Å². The molecule has 2 rings (SSSR count). The Labute approximate surface area is 121 Å². The van der Waals surface area contributed by atoms with Crippen LogP contribution in [0, 0.1) is 0 Å². The van der Waals surface area contributed by atoms with Gasteiger partial charge in [0, 0.05) is 11.1 Å². The molecule has 0 spiro atoms. The average Bonchev–Trinajstić information content (AvgIpc) is 2.45. The van der Waals surface area contributed by atoms with Crippen LogP contribution in [0.2, 0.25) is 0 Å². The molecular weight excluding hydrogens is 283 g/mol. The summed E-state index contributed by atoms with van der Waals surface area (Å²) in [5.41, 5.74) is 0.922. The molecule has 2 aromatic rings. The highest BCUT2D eigenvalue weighted by Crippen LogP contribution is 2.22. The number of hydrogen-bond acceptors (Lipinski definition) is 2. The van der Waals surface area contributed by atoms with Gasteiger partial charge >= 0.3 is 0 Å². The minimum atomic E-state index is -0.0675. The second-order valence-corrected chi connectivity index (χ2v) is 4.79. The monoisotopic (exact) mass is 294 g/mol. The molecule has 0 unspecified atom stereocenters. The van der Waals surface area contributed by atoms with Crippen molar-refractivity contribution in [3.05, 3.63) is 54.0 Å². The smallest absolute Gasteiger partial charge is 0.131 e. The van der Waals surface area contributed by atoms with Crippen molar-refractivity contribution in [1.29, 1.82) is 0 Å². The normalized spacial score (nSPS) is 11.4. The number of hydrogen-bond donors (Lipinski definition) is 2. The van der Waals surface area contributed by atoms with Crippen LogP contribution in [0.3, 0.4) is 0 Å². The summed E-state index contributed by atoms with van der Waals surface area (Å²) in [5, 5.41) is 7.92. The standard InChI is InChI=1S/C14H12ClFN2S/c15-13(8-16)17-9-14(19)18-12-7-3-5-10-4-1-2-6-11(10)12/h1-8,17H,9H2,(H,18,19)/b13-8+. The molecule has 2 aromatic carbocycles. The molecular formula is C14H12ClFN2S. The van der Waals surface area contributed by atoms with Gasteiger partial charge in [-0.1, -0.05) is 60.2 Å². The van der Waals surface area contributed by atoms with E-state index >= 15 is 0 Å². The minimum absolute atomic E-state index is 0.0675. The SMILES string of the molecule is F/C=C(\Cl)NCC(=S)Nc1cccc2ccccc12. The van der Waals surface area contributed by atoms with E-state index in [1.807, 2.05) is 42.5 Å². The second-order valence-electron chi connectivity index (χ2n) is 3.89. The molecule has 0 aliphatic heterocycles. The Morgan fingerprint density at radius 2 is 1.95 bits per heavy atom. The molecule has 0 aromatic heterocycles. The molecule has 0 radical (unpaired) electrons. The molecule has 0 atom stereocenters. The van der Waals surface area contributed by atoms with Crippen molar-refractivity contribution in [3.8, 4) is 0 Å². The van der Waals surface area contributed by atoms with Gasteiger partial charge in [-0.3, -0.25) is 0 Å². The van der Waals surface area contributed by atoms with Crippen molar-refractivity contribution >= 4 is 45.3 Å². The molecule has 0 saturated heterocycles. The lowest BCUT2D eigenvalue weighted by atomic mass is 10.1. The van der Waals surface area contributed by atoms with Gasteiger partial charge in [0.25, 0.3) is 0 Å². The number of anilines is 1. The van der Waals surface area contributed by atoms with Gasteiger partial charge in [0.15, 0.2) is 0 Å². The van der Waals surface area contributed by atoms with Crippen LogP contribution in [0.1, 0.15) is 0 Å². The fourth-order valence-electron chi connectivity index (χ4n) is 1.73. The van der Waals surface area contributed by atoms with E-state index in [1.165, 1.54) is 0 Å². The molecule has 0 fully saturated rings. The van der Waals surface area contributed by atoms with Crippen LogP contribution in [0.4, 0.5) is 10.1 Å². The van der Waals surface area contributed by atoms with Gasteiger partial charge in [-0.05, 0) is 11.5 Å². The van der Waals surface area contributed by atoms with E-state index in [0.29, 0.717) is 11.3 Å². The zero-order valence-electron chi connectivity index (χ0n) is 9.99. The average molecular weight is 295 g/mol. The lowest BCUT2D eigenvalue weighted by molar-refractivity contribution is 0.705. The molecule has 2 N–H and O–H groups in total. The summed E-state index contributed by atoms with van der Waals surface area (Å²) in [6, 6.07) is 13.9. The summed E-state index contributed by atoms with van der Waals surface area (Å²) in [5.74, 6) is 0. The molecule has 5 heteroatoms. The van der Waals surface area contributed by atoms with Crippen LogP contribution >= 0.6 is 23.8 Å². The Morgan fingerprint density at radius 3 is 2.74 bits per heavy atom. The maximum absolute atomic E-state index is 12.1. The third-order valence-corrected chi connectivity index (χ3v) is 3.04. The number of nitrogens with one attached hydrogen (secondary N) is 2. The lowest BCUT2D eigenvalue weighted by Gasteiger charge is -2.11. The van der Waals surface area contributed by atoms with Gasteiger partial charge in [-0.15, -0.1) is 0 Å². The Morgan fingerprint density at radius 1 is 1.21 bits per heavy atom. The first-order valence-corrected chi connectivity index (χ1v) is 6.46. The van der Waals surface area contributed by atoms with E-state index in [9.17, 15) is 4.39 Å². The maximum Gasteiger partial charge on any atom is 0.131 e.